The minimum Gasteiger partial charge on any atom is -0.333 e. The summed E-state index contributed by atoms with van der Waals surface area (Å²) in [7, 11) is 0. The Bertz CT molecular complexity index is 506. The van der Waals surface area contributed by atoms with Crippen LogP contribution in [0.2, 0.25) is 0 Å². The Morgan fingerprint density at radius 1 is 1.50 bits per heavy atom. The molecular formula is C10H10BrN3OS. The van der Waals surface area contributed by atoms with Gasteiger partial charge in [-0.25, -0.2) is 0 Å². The first-order valence-corrected chi connectivity index (χ1v) is 6.70. The number of hydrogen-bond acceptors (Lipinski definition) is 5. The molecule has 0 aromatic carbocycles. The first-order valence-electron chi connectivity index (χ1n) is 5.09. The van der Waals surface area contributed by atoms with Crippen molar-refractivity contribution in [3.63, 3.8) is 0 Å². The molecule has 1 fully saturated rings. The van der Waals surface area contributed by atoms with E-state index in [1.807, 2.05) is 12.1 Å². The molecule has 2 N–H and O–H groups in total. The van der Waals surface area contributed by atoms with Gasteiger partial charge in [-0.3, -0.25) is 0 Å². The largest absolute Gasteiger partial charge is 0.333 e. The first-order chi connectivity index (χ1) is 7.74. The molecule has 2 heterocycles. The van der Waals surface area contributed by atoms with Gasteiger partial charge in [0, 0.05) is 0 Å². The van der Waals surface area contributed by atoms with Crippen LogP contribution >= 0.6 is 27.3 Å². The lowest BCUT2D eigenvalue weighted by molar-refractivity contribution is 0.412. The molecule has 0 aliphatic heterocycles. The number of nitrogens with zero attached hydrogens (tertiary/aromatic N) is 2. The maximum Gasteiger partial charge on any atom is 0.268 e. The van der Waals surface area contributed by atoms with Gasteiger partial charge in [-0.2, -0.15) is 4.98 Å². The van der Waals surface area contributed by atoms with Crippen molar-refractivity contribution in [3.8, 4) is 10.8 Å². The van der Waals surface area contributed by atoms with Crippen LogP contribution in [0.25, 0.3) is 10.8 Å². The molecule has 1 aliphatic rings. The van der Waals surface area contributed by atoms with Crippen molar-refractivity contribution in [2.45, 2.75) is 18.9 Å². The highest BCUT2D eigenvalue weighted by molar-refractivity contribution is 9.11. The summed E-state index contributed by atoms with van der Waals surface area (Å²) < 4.78 is 6.26. The van der Waals surface area contributed by atoms with E-state index in [9.17, 15) is 0 Å². The third kappa shape index (κ3) is 1.92. The number of nitrogens with two attached hydrogens (primary N) is 1. The monoisotopic (exact) mass is 299 g/mol. The number of rotatable bonds is 3. The van der Waals surface area contributed by atoms with Crippen LogP contribution < -0.4 is 5.73 Å². The Kier molecular flexibility index (Phi) is 2.57. The normalized spacial score (nSPS) is 17.6. The molecule has 3 rings (SSSR count). The van der Waals surface area contributed by atoms with Gasteiger partial charge in [0.15, 0.2) is 5.82 Å². The van der Waals surface area contributed by atoms with Crippen molar-refractivity contribution in [1.82, 2.24) is 10.1 Å². The van der Waals surface area contributed by atoms with E-state index in [0.29, 0.717) is 17.6 Å². The summed E-state index contributed by atoms with van der Waals surface area (Å²) in [6, 6.07) is 3.85. The van der Waals surface area contributed by atoms with Crippen LogP contribution in [0.3, 0.4) is 0 Å². The van der Waals surface area contributed by atoms with E-state index in [1.54, 1.807) is 11.3 Å². The van der Waals surface area contributed by atoms with Gasteiger partial charge in [0.25, 0.3) is 5.89 Å². The second kappa shape index (κ2) is 3.94. The molecule has 0 spiro atoms. The fraction of sp³-hybridized carbons (Fsp3) is 0.400. The molecule has 1 atom stereocenters. The Balaban J connectivity index is 1.86. The fourth-order valence-electron chi connectivity index (χ4n) is 1.57. The molecule has 2 aromatic rings. The Hall–Kier alpha value is -0.720. The van der Waals surface area contributed by atoms with Crippen LogP contribution in [0.15, 0.2) is 20.4 Å². The molecule has 1 saturated carbocycles. The Morgan fingerprint density at radius 3 is 2.94 bits per heavy atom. The molecule has 1 aliphatic carbocycles. The van der Waals surface area contributed by atoms with Gasteiger partial charge in [-0.15, -0.1) is 11.3 Å². The molecule has 0 bridgehead atoms. The lowest BCUT2D eigenvalue weighted by Gasteiger charge is -2.01. The minimum atomic E-state index is -0.0686. The summed E-state index contributed by atoms with van der Waals surface area (Å²) in [6.45, 7) is 0. The lowest BCUT2D eigenvalue weighted by Crippen LogP contribution is -2.13. The second-order valence-corrected chi connectivity index (χ2v) is 6.39. The number of aromatic nitrogens is 2. The van der Waals surface area contributed by atoms with Gasteiger partial charge in [-0.1, -0.05) is 5.16 Å². The SMILES string of the molecule is NC(c1noc(-c2ccc(Br)s2)n1)C1CC1. The molecule has 0 amide bonds. The Morgan fingerprint density at radius 2 is 2.31 bits per heavy atom. The van der Waals surface area contributed by atoms with Gasteiger partial charge < -0.3 is 10.3 Å². The lowest BCUT2D eigenvalue weighted by atomic mass is 10.2. The molecular weight excluding hydrogens is 290 g/mol. The zero-order chi connectivity index (χ0) is 11.1. The van der Waals surface area contributed by atoms with Gasteiger partial charge >= 0.3 is 0 Å². The number of thiophene rings is 1. The summed E-state index contributed by atoms with van der Waals surface area (Å²) in [5.41, 5.74) is 6.01. The van der Waals surface area contributed by atoms with Crippen LogP contribution in [0.4, 0.5) is 0 Å². The zero-order valence-electron chi connectivity index (χ0n) is 8.39. The summed E-state index contributed by atoms with van der Waals surface area (Å²) in [4.78, 5) is 5.31. The van der Waals surface area contributed by atoms with Gasteiger partial charge in [0.05, 0.1) is 14.7 Å². The van der Waals surface area contributed by atoms with Crippen LogP contribution in [0.5, 0.6) is 0 Å². The topological polar surface area (TPSA) is 64.9 Å². The van der Waals surface area contributed by atoms with E-state index >= 15 is 0 Å². The minimum absolute atomic E-state index is 0.0686. The fourth-order valence-corrected chi connectivity index (χ4v) is 2.87. The van der Waals surface area contributed by atoms with Crippen LogP contribution in [-0.2, 0) is 0 Å². The standard InChI is InChI=1S/C10H10BrN3OS/c11-7-4-3-6(16-7)10-13-9(14-15-10)8(12)5-1-2-5/h3-5,8H,1-2,12H2. The first kappa shape index (κ1) is 10.4. The van der Waals surface area contributed by atoms with E-state index in [0.717, 1.165) is 8.66 Å². The summed E-state index contributed by atoms with van der Waals surface area (Å²) in [5, 5.41) is 3.94. The van der Waals surface area contributed by atoms with Crippen LogP contribution in [0.1, 0.15) is 24.7 Å². The van der Waals surface area contributed by atoms with Crippen molar-refractivity contribution in [2.75, 3.05) is 0 Å². The summed E-state index contributed by atoms with van der Waals surface area (Å²) in [6.07, 6.45) is 2.35. The molecule has 2 aromatic heterocycles. The number of halogens is 1. The molecule has 84 valence electrons. The van der Waals surface area contributed by atoms with Gasteiger partial charge in [-0.05, 0) is 46.8 Å². The highest BCUT2D eigenvalue weighted by Gasteiger charge is 2.32. The second-order valence-electron chi connectivity index (χ2n) is 3.92. The van der Waals surface area contributed by atoms with Gasteiger partial charge in [0.1, 0.15) is 0 Å². The zero-order valence-corrected chi connectivity index (χ0v) is 10.8. The van der Waals surface area contributed by atoms with Crippen molar-refractivity contribution < 1.29 is 4.52 Å². The third-order valence-corrected chi connectivity index (χ3v) is 4.27. The molecule has 0 radical (unpaired) electrons. The summed E-state index contributed by atoms with van der Waals surface area (Å²) >= 11 is 4.97. The van der Waals surface area contributed by atoms with Crippen molar-refractivity contribution in [2.24, 2.45) is 11.7 Å². The van der Waals surface area contributed by atoms with E-state index in [4.69, 9.17) is 10.3 Å². The number of hydrogen-bond donors (Lipinski definition) is 1. The van der Waals surface area contributed by atoms with Gasteiger partial charge in [0.2, 0.25) is 0 Å². The molecule has 0 saturated heterocycles. The quantitative estimate of drug-likeness (QED) is 0.946. The predicted molar refractivity (Wildman–Crippen MR) is 65.0 cm³/mol. The highest BCUT2D eigenvalue weighted by atomic mass is 79.9. The highest BCUT2D eigenvalue weighted by Crippen LogP contribution is 2.39. The van der Waals surface area contributed by atoms with Crippen molar-refractivity contribution >= 4 is 27.3 Å². The van der Waals surface area contributed by atoms with E-state index in [2.05, 4.69) is 26.1 Å². The van der Waals surface area contributed by atoms with Crippen molar-refractivity contribution in [3.05, 3.63) is 21.7 Å². The molecule has 16 heavy (non-hydrogen) atoms. The molecule has 6 heteroatoms. The third-order valence-electron chi connectivity index (χ3n) is 2.65. The Labute approximate surface area is 105 Å². The average Bonchev–Trinajstić information content (AvgIpc) is 2.84. The average molecular weight is 300 g/mol. The summed E-state index contributed by atoms with van der Waals surface area (Å²) in [5.74, 6) is 1.73. The van der Waals surface area contributed by atoms with Crippen LogP contribution in [-0.4, -0.2) is 10.1 Å². The van der Waals surface area contributed by atoms with E-state index in [-0.39, 0.29) is 6.04 Å². The molecule has 4 nitrogen and oxygen atoms in total. The van der Waals surface area contributed by atoms with Crippen LogP contribution in [0, 0.1) is 5.92 Å². The smallest absolute Gasteiger partial charge is 0.268 e. The van der Waals surface area contributed by atoms with Crippen molar-refractivity contribution in [1.29, 1.82) is 0 Å². The molecule has 1 unspecified atom stereocenters. The maximum atomic E-state index is 6.01. The maximum absolute atomic E-state index is 6.01. The van der Waals surface area contributed by atoms with E-state index in [1.165, 1.54) is 12.8 Å². The predicted octanol–water partition coefficient (Wildman–Crippen LogP) is 2.97. The van der Waals surface area contributed by atoms with E-state index < -0.39 is 0 Å².